The third kappa shape index (κ3) is 5.16. The largest absolute Gasteiger partial charge is 0.353 e. The van der Waals surface area contributed by atoms with E-state index in [9.17, 15) is 4.79 Å². The van der Waals surface area contributed by atoms with Gasteiger partial charge in [0.2, 0.25) is 5.91 Å². The van der Waals surface area contributed by atoms with Crippen molar-refractivity contribution in [3.63, 3.8) is 0 Å². The number of rotatable bonds is 6. The van der Waals surface area contributed by atoms with Gasteiger partial charge in [0.25, 0.3) is 0 Å². The highest BCUT2D eigenvalue weighted by Crippen LogP contribution is 2.19. The molecule has 0 bridgehead atoms. The quantitative estimate of drug-likeness (QED) is 0.872. The van der Waals surface area contributed by atoms with Gasteiger partial charge in [0, 0.05) is 19.1 Å². The molecule has 21 heavy (non-hydrogen) atoms. The number of hydrogen-bond donors (Lipinski definition) is 1. The maximum Gasteiger partial charge on any atom is 0.224 e. The van der Waals surface area contributed by atoms with Crippen molar-refractivity contribution in [3.05, 3.63) is 35.9 Å². The topological polar surface area (TPSA) is 32.3 Å². The van der Waals surface area contributed by atoms with Crippen molar-refractivity contribution in [2.45, 2.75) is 52.1 Å². The predicted molar refractivity (Wildman–Crippen MR) is 87.0 cm³/mol. The standard InChI is InChI=1S/C18H28N2O/c1-3-8-15(2)19-18(21)17-11-7-12-20(14-17)13-16-9-5-4-6-10-16/h4-6,9-10,15,17H,3,7-8,11-14H2,1-2H3,(H,19,21)/t15-,17+/m1/s1. The number of nitrogens with zero attached hydrogens (tertiary/aromatic N) is 1. The summed E-state index contributed by atoms with van der Waals surface area (Å²) in [4.78, 5) is 14.8. The van der Waals surface area contributed by atoms with Crippen molar-refractivity contribution >= 4 is 5.91 Å². The van der Waals surface area contributed by atoms with E-state index in [1.807, 2.05) is 6.07 Å². The van der Waals surface area contributed by atoms with E-state index in [2.05, 4.69) is 48.3 Å². The van der Waals surface area contributed by atoms with E-state index in [1.54, 1.807) is 0 Å². The summed E-state index contributed by atoms with van der Waals surface area (Å²) in [6.07, 6.45) is 4.32. The van der Waals surface area contributed by atoms with Crippen LogP contribution in [0.4, 0.5) is 0 Å². The monoisotopic (exact) mass is 288 g/mol. The van der Waals surface area contributed by atoms with Crippen molar-refractivity contribution < 1.29 is 4.79 Å². The number of carbonyl (C=O) groups is 1. The lowest BCUT2D eigenvalue weighted by Crippen LogP contribution is -2.45. The Balaban J connectivity index is 1.84. The van der Waals surface area contributed by atoms with Crippen molar-refractivity contribution in [2.24, 2.45) is 5.92 Å². The SMILES string of the molecule is CCC[C@@H](C)NC(=O)[C@H]1CCCN(Cc2ccccc2)C1. The molecule has 1 fully saturated rings. The third-order valence-corrected chi connectivity index (χ3v) is 4.24. The summed E-state index contributed by atoms with van der Waals surface area (Å²) in [7, 11) is 0. The van der Waals surface area contributed by atoms with Gasteiger partial charge < -0.3 is 5.32 Å². The lowest BCUT2D eigenvalue weighted by atomic mass is 9.96. The molecule has 0 aromatic heterocycles. The van der Waals surface area contributed by atoms with E-state index in [4.69, 9.17) is 0 Å². The second-order valence-corrected chi connectivity index (χ2v) is 6.26. The van der Waals surface area contributed by atoms with Crippen molar-refractivity contribution in [1.82, 2.24) is 10.2 Å². The predicted octanol–water partition coefficient (Wildman–Crippen LogP) is 3.20. The van der Waals surface area contributed by atoms with Crippen LogP contribution in [0.5, 0.6) is 0 Å². The number of likely N-dealkylation sites (tertiary alicyclic amines) is 1. The summed E-state index contributed by atoms with van der Waals surface area (Å²) in [5, 5.41) is 3.17. The van der Waals surface area contributed by atoms with Gasteiger partial charge in [0.15, 0.2) is 0 Å². The molecule has 1 saturated heterocycles. The molecule has 2 atom stereocenters. The molecule has 0 spiro atoms. The first-order chi connectivity index (χ1) is 10.2. The minimum atomic E-state index is 0.154. The van der Waals surface area contributed by atoms with E-state index < -0.39 is 0 Å². The Morgan fingerprint density at radius 1 is 1.38 bits per heavy atom. The molecule has 1 aliphatic rings. The van der Waals surface area contributed by atoms with E-state index in [1.165, 1.54) is 5.56 Å². The summed E-state index contributed by atoms with van der Waals surface area (Å²) in [5.41, 5.74) is 1.33. The van der Waals surface area contributed by atoms with Crippen molar-refractivity contribution in [2.75, 3.05) is 13.1 Å². The van der Waals surface area contributed by atoms with Crippen LogP contribution in [0.1, 0.15) is 45.1 Å². The van der Waals surface area contributed by atoms with Crippen molar-refractivity contribution in [1.29, 1.82) is 0 Å². The van der Waals surface area contributed by atoms with Gasteiger partial charge in [-0.05, 0) is 38.3 Å². The normalized spacial score (nSPS) is 21.0. The molecule has 116 valence electrons. The molecule has 1 aromatic rings. The minimum Gasteiger partial charge on any atom is -0.353 e. The summed E-state index contributed by atoms with van der Waals surface area (Å²) in [6.45, 7) is 7.20. The van der Waals surface area contributed by atoms with Gasteiger partial charge in [-0.15, -0.1) is 0 Å². The van der Waals surface area contributed by atoms with Gasteiger partial charge in [0.1, 0.15) is 0 Å². The Morgan fingerprint density at radius 2 is 2.14 bits per heavy atom. The maximum absolute atomic E-state index is 12.3. The highest BCUT2D eigenvalue weighted by atomic mass is 16.2. The Kier molecular flexibility index (Phi) is 6.24. The molecule has 1 aromatic carbocycles. The maximum atomic E-state index is 12.3. The van der Waals surface area contributed by atoms with Gasteiger partial charge in [-0.25, -0.2) is 0 Å². The molecule has 2 rings (SSSR count). The van der Waals surface area contributed by atoms with Crippen LogP contribution in [0.15, 0.2) is 30.3 Å². The molecule has 0 unspecified atom stereocenters. The fourth-order valence-corrected chi connectivity index (χ4v) is 3.12. The second kappa shape index (κ2) is 8.18. The fraction of sp³-hybridized carbons (Fsp3) is 0.611. The summed E-state index contributed by atoms with van der Waals surface area (Å²) in [5.74, 6) is 0.399. The molecule has 1 heterocycles. The minimum absolute atomic E-state index is 0.154. The first kappa shape index (κ1) is 16.0. The summed E-state index contributed by atoms with van der Waals surface area (Å²) < 4.78 is 0. The molecule has 3 heteroatoms. The number of amides is 1. The molecule has 1 N–H and O–H groups in total. The van der Waals surface area contributed by atoms with Gasteiger partial charge in [0.05, 0.1) is 5.92 Å². The first-order valence-corrected chi connectivity index (χ1v) is 8.25. The molecule has 0 radical (unpaired) electrons. The zero-order chi connectivity index (χ0) is 15.1. The zero-order valence-electron chi connectivity index (χ0n) is 13.3. The summed E-state index contributed by atoms with van der Waals surface area (Å²) in [6, 6.07) is 10.8. The van der Waals surface area contributed by atoms with Gasteiger partial charge in [-0.1, -0.05) is 43.7 Å². The Bertz CT molecular complexity index is 432. The van der Waals surface area contributed by atoms with E-state index in [-0.39, 0.29) is 11.8 Å². The van der Waals surface area contributed by atoms with Gasteiger partial charge in [-0.3, -0.25) is 9.69 Å². The number of hydrogen-bond acceptors (Lipinski definition) is 2. The molecule has 3 nitrogen and oxygen atoms in total. The average molecular weight is 288 g/mol. The number of piperidine rings is 1. The Labute approximate surface area is 128 Å². The molecule has 0 saturated carbocycles. The number of carbonyl (C=O) groups excluding carboxylic acids is 1. The zero-order valence-corrected chi connectivity index (χ0v) is 13.3. The van der Waals surface area contributed by atoms with E-state index in [0.29, 0.717) is 6.04 Å². The second-order valence-electron chi connectivity index (χ2n) is 6.26. The van der Waals surface area contributed by atoms with Gasteiger partial charge >= 0.3 is 0 Å². The molecule has 0 aliphatic carbocycles. The van der Waals surface area contributed by atoms with Crippen LogP contribution in [0.2, 0.25) is 0 Å². The third-order valence-electron chi connectivity index (χ3n) is 4.24. The van der Waals surface area contributed by atoms with Crippen LogP contribution in [0.25, 0.3) is 0 Å². The Morgan fingerprint density at radius 3 is 2.86 bits per heavy atom. The highest BCUT2D eigenvalue weighted by Gasteiger charge is 2.26. The first-order valence-electron chi connectivity index (χ1n) is 8.25. The van der Waals surface area contributed by atoms with E-state index in [0.717, 1.165) is 45.3 Å². The molecular weight excluding hydrogens is 260 g/mol. The van der Waals surface area contributed by atoms with Crippen LogP contribution in [-0.4, -0.2) is 29.9 Å². The fourth-order valence-electron chi connectivity index (χ4n) is 3.12. The lowest BCUT2D eigenvalue weighted by molar-refractivity contribution is -0.127. The van der Waals surface area contributed by atoms with Crippen LogP contribution in [-0.2, 0) is 11.3 Å². The molecular formula is C18H28N2O. The number of nitrogens with one attached hydrogen (secondary N) is 1. The van der Waals surface area contributed by atoms with Crippen LogP contribution in [0, 0.1) is 5.92 Å². The number of benzene rings is 1. The molecule has 1 amide bonds. The van der Waals surface area contributed by atoms with Crippen LogP contribution >= 0.6 is 0 Å². The smallest absolute Gasteiger partial charge is 0.224 e. The summed E-state index contributed by atoms with van der Waals surface area (Å²) >= 11 is 0. The molecule has 1 aliphatic heterocycles. The highest BCUT2D eigenvalue weighted by molar-refractivity contribution is 5.79. The van der Waals surface area contributed by atoms with Crippen LogP contribution in [0.3, 0.4) is 0 Å². The van der Waals surface area contributed by atoms with Crippen LogP contribution < -0.4 is 5.32 Å². The average Bonchev–Trinajstić information content (AvgIpc) is 2.49. The lowest BCUT2D eigenvalue weighted by Gasteiger charge is -2.32. The Hall–Kier alpha value is -1.35. The van der Waals surface area contributed by atoms with E-state index >= 15 is 0 Å². The van der Waals surface area contributed by atoms with Gasteiger partial charge in [-0.2, -0.15) is 0 Å². The van der Waals surface area contributed by atoms with Crippen molar-refractivity contribution in [3.8, 4) is 0 Å².